The van der Waals surface area contributed by atoms with Gasteiger partial charge in [0.15, 0.2) is 4.75 Å². The number of carboxylic acid groups (broad SMARTS) is 1. The first-order chi connectivity index (χ1) is 12.4. The van der Waals surface area contributed by atoms with Crippen molar-refractivity contribution >= 4 is 16.0 Å². The van der Waals surface area contributed by atoms with Gasteiger partial charge in [-0.3, -0.25) is 4.79 Å². The predicted octanol–water partition coefficient (Wildman–Crippen LogP) is 2.26. The average molecular weight is 392 g/mol. The third-order valence-electron chi connectivity index (χ3n) is 5.59. The van der Waals surface area contributed by atoms with Crippen LogP contribution in [0.2, 0.25) is 0 Å². The molecule has 0 amide bonds. The SMILES string of the molecule is CCCCCCOCC1CCN(S(=O)(=O)C2(C(=O)O)CCOCC2)CC1. The summed E-state index contributed by atoms with van der Waals surface area (Å²) in [6.07, 6.45) is 6.18. The Labute approximate surface area is 157 Å². The fourth-order valence-electron chi connectivity index (χ4n) is 3.73. The average Bonchev–Trinajstić information content (AvgIpc) is 2.65. The predicted molar refractivity (Wildman–Crippen MR) is 98.6 cm³/mol. The summed E-state index contributed by atoms with van der Waals surface area (Å²) in [6.45, 7) is 4.71. The normalized spacial score (nSPS) is 22.3. The van der Waals surface area contributed by atoms with E-state index in [1.165, 1.54) is 23.6 Å². The molecule has 2 aliphatic heterocycles. The molecule has 0 unspecified atom stereocenters. The van der Waals surface area contributed by atoms with Gasteiger partial charge in [-0.25, -0.2) is 12.7 Å². The number of hydrogen-bond donors (Lipinski definition) is 1. The molecule has 0 atom stereocenters. The Morgan fingerprint density at radius 3 is 2.42 bits per heavy atom. The fraction of sp³-hybridized carbons (Fsp3) is 0.944. The Kier molecular flexibility index (Phi) is 8.32. The fourth-order valence-corrected chi connectivity index (χ4v) is 5.82. The summed E-state index contributed by atoms with van der Waals surface area (Å²) < 4.78 is 36.6. The number of carboxylic acids is 1. The quantitative estimate of drug-likeness (QED) is 0.574. The van der Waals surface area contributed by atoms with Crippen molar-refractivity contribution in [2.45, 2.75) is 63.0 Å². The lowest BCUT2D eigenvalue weighted by Crippen LogP contribution is -2.57. The Hall–Kier alpha value is -0.700. The highest BCUT2D eigenvalue weighted by Crippen LogP contribution is 2.35. The lowest BCUT2D eigenvalue weighted by Gasteiger charge is -2.39. The molecule has 2 aliphatic rings. The van der Waals surface area contributed by atoms with Crippen molar-refractivity contribution < 1.29 is 27.8 Å². The molecule has 2 fully saturated rings. The molecule has 152 valence electrons. The van der Waals surface area contributed by atoms with E-state index < -0.39 is 20.7 Å². The molecular formula is C18H33NO6S. The van der Waals surface area contributed by atoms with Crippen LogP contribution in [0.15, 0.2) is 0 Å². The van der Waals surface area contributed by atoms with Crippen LogP contribution in [0, 0.1) is 5.92 Å². The van der Waals surface area contributed by atoms with Crippen molar-refractivity contribution in [2.75, 3.05) is 39.5 Å². The van der Waals surface area contributed by atoms with E-state index in [9.17, 15) is 18.3 Å². The van der Waals surface area contributed by atoms with Crippen LogP contribution in [0.3, 0.4) is 0 Å². The van der Waals surface area contributed by atoms with Crippen LogP contribution in [-0.2, 0) is 24.3 Å². The lowest BCUT2D eigenvalue weighted by atomic mass is 9.99. The standard InChI is InChI=1S/C18H33NO6S/c1-2-3-4-5-12-25-15-16-6-10-19(11-7-16)26(22,23)18(17(20)21)8-13-24-14-9-18/h16H,2-15H2,1H3,(H,20,21). The lowest BCUT2D eigenvalue weighted by molar-refractivity contribution is -0.142. The number of sulfonamides is 1. The summed E-state index contributed by atoms with van der Waals surface area (Å²) >= 11 is 0. The van der Waals surface area contributed by atoms with Gasteiger partial charge in [0.05, 0.1) is 0 Å². The topological polar surface area (TPSA) is 93.1 Å². The maximum Gasteiger partial charge on any atom is 0.326 e. The number of hydrogen-bond acceptors (Lipinski definition) is 5. The van der Waals surface area contributed by atoms with Crippen molar-refractivity contribution in [3.8, 4) is 0 Å². The molecule has 0 aromatic rings. The highest BCUT2D eigenvalue weighted by Gasteiger charge is 2.54. The van der Waals surface area contributed by atoms with Gasteiger partial charge in [-0.15, -0.1) is 0 Å². The first-order valence-electron chi connectivity index (χ1n) is 9.82. The molecule has 0 aromatic carbocycles. The second-order valence-electron chi connectivity index (χ2n) is 7.39. The van der Waals surface area contributed by atoms with E-state index in [2.05, 4.69) is 6.92 Å². The minimum absolute atomic E-state index is 0.0193. The van der Waals surface area contributed by atoms with E-state index in [0.717, 1.165) is 25.9 Å². The molecule has 2 heterocycles. The van der Waals surface area contributed by atoms with Gasteiger partial charge in [-0.2, -0.15) is 0 Å². The Balaban J connectivity index is 1.83. The van der Waals surface area contributed by atoms with Crippen molar-refractivity contribution in [2.24, 2.45) is 5.92 Å². The molecule has 0 bridgehead atoms. The molecule has 1 N–H and O–H groups in total. The van der Waals surface area contributed by atoms with E-state index in [0.29, 0.717) is 25.6 Å². The molecule has 7 nitrogen and oxygen atoms in total. The van der Waals surface area contributed by atoms with Crippen molar-refractivity contribution in [3.05, 3.63) is 0 Å². The van der Waals surface area contributed by atoms with Crippen molar-refractivity contribution in [1.82, 2.24) is 4.31 Å². The number of rotatable bonds is 10. The molecule has 0 saturated carbocycles. The van der Waals surface area contributed by atoms with Gasteiger partial charge < -0.3 is 14.6 Å². The van der Waals surface area contributed by atoms with E-state index in [4.69, 9.17) is 9.47 Å². The molecule has 0 aliphatic carbocycles. The highest BCUT2D eigenvalue weighted by atomic mass is 32.2. The molecule has 0 spiro atoms. The number of unbranched alkanes of at least 4 members (excludes halogenated alkanes) is 3. The number of ether oxygens (including phenoxy) is 2. The van der Waals surface area contributed by atoms with E-state index >= 15 is 0 Å². The number of carbonyl (C=O) groups is 1. The second-order valence-corrected chi connectivity index (χ2v) is 9.64. The van der Waals surface area contributed by atoms with Gasteiger partial charge in [-0.05, 0) is 25.2 Å². The van der Waals surface area contributed by atoms with Crippen LogP contribution in [-0.4, -0.2) is 68.1 Å². The Morgan fingerprint density at radius 2 is 1.85 bits per heavy atom. The van der Waals surface area contributed by atoms with Crippen molar-refractivity contribution in [1.29, 1.82) is 0 Å². The van der Waals surface area contributed by atoms with E-state index in [-0.39, 0.29) is 26.1 Å². The zero-order chi connectivity index (χ0) is 19.0. The summed E-state index contributed by atoms with van der Waals surface area (Å²) in [7, 11) is -3.89. The van der Waals surface area contributed by atoms with Gasteiger partial charge in [0, 0.05) is 52.4 Å². The molecule has 2 saturated heterocycles. The second kappa shape index (κ2) is 10.0. The highest BCUT2D eigenvalue weighted by molar-refractivity contribution is 7.91. The Morgan fingerprint density at radius 1 is 1.19 bits per heavy atom. The minimum Gasteiger partial charge on any atom is -0.480 e. The molecule has 26 heavy (non-hydrogen) atoms. The van der Waals surface area contributed by atoms with Gasteiger partial charge in [0.1, 0.15) is 0 Å². The third-order valence-corrected chi connectivity index (χ3v) is 8.21. The maximum atomic E-state index is 13.0. The zero-order valence-corrected chi connectivity index (χ0v) is 16.6. The monoisotopic (exact) mass is 391 g/mol. The van der Waals surface area contributed by atoms with Crippen LogP contribution in [0.1, 0.15) is 58.3 Å². The van der Waals surface area contributed by atoms with Gasteiger partial charge in [0.25, 0.3) is 0 Å². The summed E-state index contributed by atoms with van der Waals surface area (Å²) in [5.41, 5.74) is 0. The molecule has 0 aromatic heterocycles. The van der Waals surface area contributed by atoms with Crippen molar-refractivity contribution in [3.63, 3.8) is 0 Å². The van der Waals surface area contributed by atoms with Crippen LogP contribution in [0.25, 0.3) is 0 Å². The van der Waals surface area contributed by atoms with Crippen LogP contribution >= 0.6 is 0 Å². The Bertz CT molecular complexity index is 536. The molecule has 2 rings (SSSR count). The van der Waals surface area contributed by atoms with Gasteiger partial charge >= 0.3 is 5.97 Å². The minimum atomic E-state index is -3.89. The first kappa shape index (κ1) is 21.6. The zero-order valence-electron chi connectivity index (χ0n) is 15.8. The summed E-state index contributed by atoms with van der Waals surface area (Å²) in [4.78, 5) is 11.8. The summed E-state index contributed by atoms with van der Waals surface area (Å²) in [5.74, 6) is -0.901. The van der Waals surface area contributed by atoms with E-state index in [1.54, 1.807) is 0 Å². The number of aliphatic carboxylic acids is 1. The van der Waals surface area contributed by atoms with Crippen LogP contribution in [0.4, 0.5) is 0 Å². The van der Waals surface area contributed by atoms with E-state index in [1.807, 2.05) is 0 Å². The number of piperidine rings is 1. The molecule has 8 heteroatoms. The third kappa shape index (κ3) is 4.97. The van der Waals surface area contributed by atoms with Gasteiger partial charge in [-0.1, -0.05) is 26.2 Å². The summed E-state index contributed by atoms with van der Waals surface area (Å²) in [6, 6.07) is 0. The largest absolute Gasteiger partial charge is 0.480 e. The first-order valence-corrected chi connectivity index (χ1v) is 11.3. The molecule has 0 radical (unpaired) electrons. The maximum absolute atomic E-state index is 13.0. The van der Waals surface area contributed by atoms with Crippen LogP contribution in [0.5, 0.6) is 0 Å². The smallest absolute Gasteiger partial charge is 0.326 e. The summed E-state index contributed by atoms with van der Waals surface area (Å²) in [5, 5.41) is 9.63. The number of nitrogens with zero attached hydrogens (tertiary/aromatic N) is 1. The molecular weight excluding hydrogens is 358 g/mol. The van der Waals surface area contributed by atoms with Crippen LogP contribution < -0.4 is 0 Å². The van der Waals surface area contributed by atoms with Gasteiger partial charge in [0.2, 0.25) is 10.0 Å².